The van der Waals surface area contributed by atoms with Crippen molar-refractivity contribution >= 4 is 34.0 Å². The summed E-state index contributed by atoms with van der Waals surface area (Å²) in [4.78, 5) is 26.5. The minimum atomic E-state index is -0.379. The summed E-state index contributed by atoms with van der Waals surface area (Å²) in [5.74, 6) is -0.591. The molecule has 1 atom stereocenters. The van der Waals surface area contributed by atoms with Gasteiger partial charge >= 0.3 is 0 Å². The first-order chi connectivity index (χ1) is 11.7. The minimum absolute atomic E-state index is 0.0309. The maximum absolute atomic E-state index is 12.5. The number of nitrogens with zero attached hydrogens (tertiary/aromatic N) is 3. The second-order valence-electron chi connectivity index (χ2n) is 7.39. The van der Waals surface area contributed by atoms with E-state index >= 15 is 0 Å². The van der Waals surface area contributed by atoms with E-state index in [4.69, 9.17) is 0 Å². The third-order valence-corrected chi connectivity index (χ3v) is 5.40. The number of hydrogen-bond donors (Lipinski definition) is 1. The first-order valence-corrected chi connectivity index (χ1v) is 9.07. The number of aromatic nitrogens is 2. The summed E-state index contributed by atoms with van der Waals surface area (Å²) in [5, 5.41) is 12.3. The molecule has 0 saturated carbocycles. The molecule has 1 fully saturated rings. The van der Waals surface area contributed by atoms with Crippen LogP contribution in [0.1, 0.15) is 37.8 Å². The highest BCUT2D eigenvalue weighted by Crippen LogP contribution is 2.29. The number of amides is 2. The van der Waals surface area contributed by atoms with Gasteiger partial charge in [0.05, 0.1) is 5.92 Å². The molecule has 7 heteroatoms. The Morgan fingerprint density at radius 2 is 1.92 bits per heavy atom. The number of carbonyl (C=O) groups excluding carboxylic acids is 2. The van der Waals surface area contributed by atoms with Gasteiger partial charge in [0.25, 0.3) is 0 Å². The van der Waals surface area contributed by atoms with Crippen LogP contribution in [0.3, 0.4) is 0 Å². The van der Waals surface area contributed by atoms with Crippen LogP contribution in [0.2, 0.25) is 0 Å². The average Bonchev–Trinajstić information content (AvgIpc) is 3.15. The van der Waals surface area contributed by atoms with Crippen LogP contribution in [0.4, 0.5) is 10.8 Å². The van der Waals surface area contributed by atoms with E-state index < -0.39 is 0 Å². The van der Waals surface area contributed by atoms with Crippen molar-refractivity contribution in [1.29, 1.82) is 0 Å². The zero-order chi connectivity index (χ0) is 18.2. The first kappa shape index (κ1) is 17.5. The van der Waals surface area contributed by atoms with Gasteiger partial charge in [0.15, 0.2) is 0 Å². The van der Waals surface area contributed by atoms with E-state index in [0.717, 1.165) is 16.3 Å². The maximum atomic E-state index is 12.5. The molecule has 25 heavy (non-hydrogen) atoms. The third-order valence-electron chi connectivity index (χ3n) is 4.14. The molecule has 0 radical (unpaired) electrons. The molecule has 2 aromatic rings. The molecule has 1 aliphatic heterocycles. The lowest BCUT2D eigenvalue weighted by Gasteiger charge is -2.16. The molecule has 6 nitrogen and oxygen atoms in total. The highest BCUT2D eigenvalue weighted by atomic mass is 32.1. The second kappa shape index (κ2) is 6.55. The predicted octanol–water partition coefficient (Wildman–Crippen LogP) is 3.14. The van der Waals surface area contributed by atoms with Crippen LogP contribution in [0, 0.1) is 12.8 Å². The van der Waals surface area contributed by atoms with Gasteiger partial charge in [-0.1, -0.05) is 49.8 Å². The molecular formula is C18H22N4O2S. The first-order valence-electron chi connectivity index (χ1n) is 8.26. The van der Waals surface area contributed by atoms with Crippen molar-refractivity contribution < 1.29 is 9.59 Å². The molecule has 3 rings (SSSR count). The quantitative estimate of drug-likeness (QED) is 0.915. The zero-order valence-corrected chi connectivity index (χ0v) is 15.7. The number of benzene rings is 1. The lowest BCUT2D eigenvalue weighted by molar-refractivity contribution is -0.122. The minimum Gasteiger partial charge on any atom is -0.312 e. The summed E-state index contributed by atoms with van der Waals surface area (Å²) in [6, 6.07) is 7.75. The molecule has 1 aromatic heterocycles. The lowest BCUT2D eigenvalue weighted by atomic mass is 9.98. The highest BCUT2D eigenvalue weighted by Gasteiger charge is 2.35. The number of nitrogens with one attached hydrogen (secondary N) is 1. The monoisotopic (exact) mass is 358 g/mol. The fraction of sp³-hybridized carbons (Fsp3) is 0.444. The summed E-state index contributed by atoms with van der Waals surface area (Å²) in [5.41, 5.74) is 1.86. The molecule has 1 aromatic carbocycles. The maximum Gasteiger partial charge on any atom is 0.231 e. The van der Waals surface area contributed by atoms with Crippen molar-refractivity contribution in [2.24, 2.45) is 5.92 Å². The van der Waals surface area contributed by atoms with Crippen molar-refractivity contribution in [2.45, 2.75) is 39.5 Å². The Morgan fingerprint density at radius 3 is 2.52 bits per heavy atom. The predicted molar refractivity (Wildman–Crippen MR) is 98.9 cm³/mol. The smallest absolute Gasteiger partial charge is 0.231 e. The van der Waals surface area contributed by atoms with Crippen LogP contribution >= 0.6 is 11.3 Å². The molecule has 1 saturated heterocycles. The van der Waals surface area contributed by atoms with Gasteiger partial charge in [0, 0.05) is 24.1 Å². The van der Waals surface area contributed by atoms with Gasteiger partial charge in [-0.25, -0.2) is 0 Å². The van der Waals surface area contributed by atoms with Crippen LogP contribution < -0.4 is 10.2 Å². The zero-order valence-electron chi connectivity index (χ0n) is 14.9. The summed E-state index contributed by atoms with van der Waals surface area (Å²) in [6.07, 6.45) is 0.213. The second-order valence-corrected chi connectivity index (χ2v) is 8.37. The van der Waals surface area contributed by atoms with E-state index in [1.165, 1.54) is 11.3 Å². The Bertz CT molecular complexity index is 792. The van der Waals surface area contributed by atoms with Crippen LogP contribution in [0.25, 0.3) is 0 Å². The van der Waals surface area contributed by atoms with Crippen LogP contribution in [-0.4, -0.2) is 28.6 Å². The van der Waals surface area contributed by atoms with Crippen molar-refractivity contribution in [3.63, 3.8) is 0 Å². The van der Waals surface area contributed by atoms with E-state index in [0.29, 0.717) is 11.7 Å². The van der Waals surface area contributed by atoms with Gasteiger partial charge in [0.1, 0.15) is 5.01 Å². The average molecular weight is 358 g/mol. The summed E-state index contributed by atoms with van der Waals surface area (Å²) < 4.78 is 0. The SMILES string of the molecule is Cc1ccc(N2C[C@@H](C(=O)Nc3nnc(C(C)(C)C)s3)CC2=O)cc1. The van der Waals surface area contributed by atoms with E-state index in [2.05, 4.69) is 15.5 Å². The third kappa shape index (κ3) is 3.87. The van der Waals surface area contributed by atoms with Crippen molar-refractivity contribution in [3.8, 4) is 0 Å². The highest BCUT2D eigenvalue weighted by molar-refractivity contribution is 7.15. The Morgan fingerprint density at radius 1 is 1.24 bits per heavy atom. The Hall–Kier alpha value is -2.28. The van der Waals surface area contributed by atoms with Crippen molar-refractivity contribution in [2.75, 3.05) is 16.8 Å². The molecule has 0 aliphatic carbocycles. The molecule has 2 amide bonds. The number of aryl methyl sites for hydroxylation is 1. The van der Waals surface area contributed by atoms with Gasteiger partial charge < -0.3 is 10.2 Å². The van der Waals surface area contributed by atoms with Gasteiger partial charge in [-0.15, -0.1) is 10.2 Å². The van der Waals surface area contributed by atoms with Crippen LogP contribution in [0.15, 0.2) is 24.3 Å². The molecular weight excluding hydrogens is 336 g/mol. The Balaban J connectivity index is 1.66. The Labute approximate surface area is 151 Å². The summed E-state index contributed by atoms with van der Waals surface area (Å²) in [6.45, 7) is 8.54. The fourth-order valence-corrected chi connectivity index (χ4v) is 3.45. The van der Waals surface area contributed by atoms with Gasteiger partial charge in [-0.3, -0.25) is 9.59 Å². The van der Waals surface area contributed by atoms with E-state index in [1.54, 1.807) is 4.90 Å². The summed E-state index contributed by atoms with van der Waals surface area (Å²) in [7, 11) is 0. The molecule has 0 unspecified atom stereocenters. The summed E-state index contributed by atoms with van der Waals surface area (Å²) >= 11 is 1.37. The lowest BCUT2D eigenvalue weighted by Crippen LogP contribution is -2.28. The van der Waals surface area contributed by atoms with Crippen LogP contribution in [0.5, 0.6) is 0 Å². The van der Waals surface area contributed by atoms with Crippen molar-refractivity contribution in [1.82, 2.24) is 10.2 Å². The number of hydrogen-bond acceptors (Lipinski definition) is 5. The molecule has 1 N–H and O–H groups in total. The normalized spacial score (nSPS) is 17.8. The van der Waals surface area contributed by atoms with Crippen LogP contribution in [-0.2, 0) is 15.0 Å². The van der Waals surface area contributed by atoms with E-state index in [1.807, 2.05) is 52.0 Å². The van der Waals surface area contributed by atoms with E-state index in [9.17, 15) is 9.59 Å². The van der Waals surface area contributed by atoms with Crippen molar-refractivity contribution in [3.05, 3.63) is 34.8 Å². The number of rotatable bonds is 3. The molecule has 1 aliphatic rings. The molecule has 132 valence electrons. The molecule has 2 heterocycles. The van der Waals surface area contributed by atoms with Gasteiger partial charge in [-0.2, -0.15) is 0 Å². The largest absolute Gasteiger partial charge is 0.312 e. The fourth-order valence-electron chi connectivity index (χ4n) is 2.64. The topological polar surface area (TPSA) is 75.2 Å². The number of carbonyl (C=O) groups is 2. The molecule has 0 spiro atoms. The standard InChI is InChI=1S/C18H22N4O2S/c1-11-5-7-13(8-6-11)22-10-12(9-14(22)23)15(24)19-17-21-20-16(25-17)18(2,3)4/h5-8,12H,9-10H2,1-4H3,(H,19,21,24)/t12-/m0/s1. The van der Waals surface area contributed by atoms with Gasteiger partial charge in [-0.05, 0) is 19.1 Å². The Kier molecular flexibility index (Phi) is 4.60. The molecule has 0 bridgehead atoms. The van der Waals surface area contributed by atoms with Gasteiger partial charge in [0.2, 0.25) is 16.9 Å². The van der Waals surface area contributed by atoms with E-state index in [-0.39, 0.29) is 29.6 Å². The number of anilines is 2.